The van der Waals surface area contributed by atoms with Gasteiger partial charge in [0.25, 0.3) is 0 Å². The predicted molar refractivity (Wildman–Crippen MR) is 70.5 cm³/mol. The molecule has 1 heterocycles. The smallest absolute Gasteiger partial charge is 0.146 e. The molecular formula is C14H19N3O. The first kappa shape index (κ1) is 12.8. The fourth-order valence-electron chi connectivity index (χ4n) is 1.76. The van der Waals surface area contributed by atoms with Crippen LogP contribution in [0.2, 0.25) is 0 Å². The molecule has 4 heteroatoms. The van der Waals surface area contributed by atoms with Gasteiger partial charge < -0.3 is 9.64 Å². The minimum Gasteiger partial charge on any atom is -0.379 e. The second-order valence-electron chi connectivity index (χ2n) is 4.88. The van der Waals surface area contributed by atoms with E-state index in [1.165, 1.54) is 12.8 Å². The second-order valence-corrected chi connectivity index (χ2v) is 4.88. The summed E-state index contributed by atoms with van der Waals surface area (Å²) in [5.41, 5.74) is 1.54. The van der Waals surface area contributed by atoms with Crippen LogP contribution in [0.5, 0.6) is 0 Å². The molecule has 0 radical (unpaired) electrons. The standard InChI is InChI=1S/C14H19N3O/c1-11-3-6-13(9-15)14(16-11)17(2)7-8-18-10-12-4-5-12/h3,6,12H,4-5,7-8,10H2,1-2H3. The van der Waals surface area contributed by atoms with Crippen LogP contribution >= 0.6 is 0 Å². The van der Waals surface area contributed by atoms with E-state index < -0.39 is 0 Å². The first-order chi connectivity index (χ1) is 8.70. The fraction of sp³-hybridized carbons (Fsp3) is 0.571. The van der Waals surface area contributed by atoms with E-state index in [4.69, 9.17) is 10.00 Å². The summed E-state index contributed by atoms with van der Waals surface area (Å²) >= 11 is 0. The summed E-state index contributed by atoms with van der Waals surface area (Å²) in [6, 6.07) is 5.86. The number of pyridine rings is 1. The van der Waals surface area contributed by atoms with Crippen molar-refractivity contribution in [2.45, 2.75) is 19.8 Å². The zero-order valence-corrected chi connectivity index (χ0v) is 11.0. The van der Waals surface area contributed by atoms with Gasteiger partial charge in [-0.2, -0.15) is 5.26 Å². The van der Waals surface area contributed by atoms with Crippen LogP contribution in [0, 0.1) is 24.2 Å². The molecule has 1 saturated carbocycles. The van der Waals surface area contributed by atoms with Gasteiger partial charge in [0.05, 0.1) is 12.2 Å². The Labute approximate surface area is 108 Å². The lowest BCUT2D eigenvalue weighted by Gasteiger charge is -2.19. The third-order valence-electron chi connectivity index (χ3n) is 3.12. The minimum atomic E-state index is 0.616. The summed E-state index contributed by atoms with van der Waals surface area (Å²) in [5.74, 6) is 1.54. The monoisotopic (exact) mass is 245 g/mol. The van der Waals surface area contributed by atoms with Gasteiger partial charge in [-0.1, -0.05) is 0 Å². The number of nitrogens with zero attached hydrogens (tertiary/aromatic N) is 3. The van der Waals surface area contributed by atoms with Gasteiger partial charge in [-0.25, -0.2) is 4.98 Å². The van der Waals surface area contributed by atoms with Crippen LogP contribution in [0.4, 0.5) is 5.82 Å². The average molecular weight is 245 g/mol. The summed E-state index contributed by atoms with van der Waals surface area (Å²) in [6.07, 6.45) is 2.63. The van der Waals surface area contributed by atoms with Crippen molar-refractivity contribution >= 4 is 5.82 Å². The summed E-state index contributed by atoms with van der Waals surface area (Å²) < 4.78 is 5.60. The van der Waals surface area contributed by atoms with Crippen molar-refractivity contribution in [1.82, 2.24) is 4.98 Å². The third kappa shape index (κ3) is 3.44. The Balaban J connectivity index is 1.88. The van der Waals surface area contributed by atoms with E-state index in [1.54, 1.807) is 0 Å². The maximum absolute atomic E-state index is 9.06. The lowest BCUT2D eigenvalue weighted by Crippen LogP contribution is -2.25. The van der Waals surface area contributed by atoms with Crippen molar-refractivity contribution < 1.29 is 4.74 Å². The number of ether oxygens (including phenoxy) is 1. The van der Waals surface area contributed by atoms with Gasteiger partial charge in [0.15, 0.2) is 0 Å². The summed E-state index contributed by atoms with van der Waals surface area (Å²) in [4.78, 5) is 6.40. The van der Waals surface area contributed by atoms with Gasteiger partial charge in [0.1, 0.15) is 11.9 Å². The molecule has 2 rings (SSSR count). The molecule has 0 unspecified atom stereocenters. The molecule has 0 atom stereocenters. The molecule has 96 valence electrons. The van der Waals surface area contributed by atoms with Gasteiger partial charge in [-0.3, -0.25) is 0 Å². The Morgan fingerprint density at radius 3 is 2.94 bits per heavy atom. The Morgan fingerprint density at radius 2 is 2.28 bits per heavy atom. The molecular weight excluding hydrogens is 226 g/mol. The fourth-order valence-corrected chi connectivity index (χ4v) is 1.76. The zero-order valence-electron chi connectivity index (χ0n) is 11.0. The lowest BCUT2D eigenvalue weighted by molar-refractivity contribution is 0.131. The topological polar surface area (TPSA) is 49.2 Å². The summed E-state index contributed by atoms with van der Waals surface area (Å²) in [5, 5.41) is 9.06. The van der Waals surface area contributed by atoms with E-state index in [2.05, 4.69) is 11.1 Å². The van der Waals surface area contributed by atoms with Crippen LogP contribution in [0.25, 0.3) is 0 Å². The highest BCUT2D eigenvalue weighted by Crippen LogP contribution is 2.28. The molecule has 1 aliphatic carbocycles. The van der Waals surface area contributed by atoms with Gasteiger partial charge in [-0.15, -0.1) is 0 Å². The Kier molecular flexibility index (Phi) is 4.16. The SMILES string of the molecule is Cc1ccc(C#N)c(N(C)CCOCC2CC2)n1. The van der Waals surface area contributed by atoms with E-state index in [9.17, 15) is 0 Å². The Morgan fingerprint density at radius 1 is 1.50 bits per heavy atom. The highest BCUT2D eigenvalue weighted by Gasteiger charge is 2.21. The van der Waals surface area contributed by atoms with Crippen molar-refractivity contribution in [1.29, 1.82) is 5.26 Å². The Bertz CT molecular complexity index is 449. The summed E-state index contributed by atoms with van der Waals surface area (Å²) in [7, 11) is 1.95. The van der Waals surface area contributed by atoms with Crippen molar-refractivity contribution in [3.8, 4) is 6.07 Å². The molecule has 4 nitrogen and oxygen atoms in total. The molecule has 0 amide bonds. The van der Waals surface area contributed by atoms with E-state index in [1.807, 2.05) is 31.0 Å². The molecule has 1 fully saturated rings. The van der Waals surface area contributed by atoms with Crippen LogP contribution in [0.3, 0.4) is 0 Å². The number of anilines is 1. The number of aryl methyl sites for hydroxylation is 1. The predicted octanol–water partition coefficient (Wildman–Crippen LogP) is 2.12. The van der Waals surface area contributed by atoms with Crippen LogP contribution in [-0.4, -0.2) is 31.8 Å². The second kappa shape index (κ2) is 5.83. The highest BCUT2D eigenvalue weighted by atomic mass is 16.5. The van der Waals surface area contributed by atoms with E-state index in [0.717, 1.165) is 30.6 Å². The summed E-state index contributed by atoms with van der Waals surface area (Å²) in [6.45, 7) is 4.26. The van der Waals surface area contributed by atoms with Gasteiger partial charge in [0.2, 0.25) is 0 Å². The normalized spacial score (nSPS) is 14.3. The largest absolute Gasteiger partial charge is 0.379 e. The third-order valence-corrected chi connectivity index (χ3v) is 3.12. The first-order valence-corrected chi connectivity index (χ1v) is 6.37. The number of hydrogen-bond donors (Lipinski definition) is 0. The van der Waals surface area contributed by atoms with Gasteiger partial charge >= 0.3 is 0 Å². The van der Waals surface area contributed by atoms with E-state index in [-0.39, 0.29) is 0 Å². The molecule has 0 aliphatic heterocycles. The molecule has 0 bridgehead atoms. The highest BCUT2D eigenvalue weighted by molar-refractivity contribution is 5.53. The number of rotatable bonds is 6. The molecule has 1 aromatic rings. The number of hydrogen-bond acceptors (Lipinski definition) is 4. The molecule has 1 aromatic heterocycles. The lowest BCUT2D eigenvalue weighted by atomic mass is 10.2. The van der Waals surface area contributed by atoms with E-state index >= 15 is 0 Å². The zero-order chi connectivity index (χ0) is 13.0. The number of aromatic nitrogens is 1. The van der Waals surface area contributed by atoms with Crippen LogP contribution in [0.15, 0.2) is 12.1 Å². The van der Waals surface area contributed by atoms with Crippen LogP contribution in [0.1, 0.15) is 24.1 Å². The van der Waals surface area contributed by atoms with Crippen molar-refractivity contribution in [2.75, 3.05) is 31.7 Å². The van der Waals surface area contributed by atoms with Crippen molar-refractivity contribution in [3.05, 3.63) is 23.4 Å². The maximum Gasteiger partial charge on any atom is 0.146 e. The molecule has 0 aromatic carbocycles. The quantitative estimate of drug-likeness (QED) is 0.720. The molecule has 0 N–H and O–H groups in total. The average Bonchev–Trinajstić information content (AvgIpc) is 3.18. The van der Waals surface area contributed by atoms with Gasteiger partial charge in [-0.05, 0) is 37.8 Å². The Hall–Kier alpha value is -1.60. The molecule has 0 spiro atoms. The first-order valence-electron chi connectivity index (χ1n) is 6.37. The minimum absolute atomic E-state index is 0.616. The molecule has 1 aliphatic rings. The van der Waals surface area contributed by atoms with Crippen LogP contribution < -0.4 is 4.90 Å². The maximum atomic E-state index is 9.06. The van der Waals surface area contributed by atoms with Gasteiger partial charge in [0, 0.05) is 25.9 Å². The van der Waals surface area contributed by atoms with Crippen molar-refractivity contribution in [2.24, 2.45) is 5.92 Å². The molecule has 18 heavy (non-hydrogen) atoms. The van der Waals surface area contributed by atoms with Crippen molar-refractivity contribution in [3.63, 3.8) is 0 Å². The number of likely N-dealkylation sites (N-methyl/N-ethyl adjacent to an activating group) is 1. The van der Waals surface area contributed by atoms with E-state index in [0.29, 0.717) is 12.2 Å². The molecule has 0 saturated heterocycles. The number of nitriles is 1. The van der Waals surface area contributed by atoms with Crippen LogP contribution in [-0.2, 0) is 4.74 Å².